The van der Waals surface area contributed by atoms with Crippen molar-refractivity contribution in [2.45, 2.75) is 37.4 Å². The van der Waals surface area contributed by atoms with Crippen LogP contribution < -0.4 is 15.4 Å². The highest BCUT2D eigenvalue weighted by Crippen LogP contribution is 2.30. The van der Waals surface area contributed by atoms with Crippen molar-refractivity contribution in [1.82, 2.24) is 15.6 Å². The molecule has 1 aromatic carbocycles. The van der Waals surface area contributed by atoms with Gasteiger partial charge in [-0.3, -0.25) is 9.52 Å². The molecular weight excluding hydrogens is 372 g/mol. The smallest absolute Gasteiger partial charge is 0.263 e. The zero-order valence-corrected chi connectivity index (χ0v) is 15.9. The van der Waals surface area contributed by atoms with Gasteiger partial charge < -0.3 is 10.6 Å². The second kappa shape index (κ2) is 6.64. The van der Waals surface area contributed by atoms with Crippen LogP contribution in [0.25, 0.3) is 10.6 Å². The lowest BCUT2D eigenvalue weighted by molar-refractivity contribution is 0.0935. The van der Waals surface area contributed by atoms with E-state index in [2.05, 4.69) is 20.3 Å². The lowest BCUT2D eigenvalue weighted by Gasteiger charge is -2.20. The van der Waals surface area contributed by atoms with Crippen LogP contribution in [0.2, 0.25) is 0 Å². The van der Waals surface area contributed by atoms with Gasteiger partial charge in [-0.2, -0.15) is 0 Å². The van der Waals surface area contributed by atoms with Gasteiger partial charge in [-0.25, -0.2) is 13.4 Å². The topological polar surface area (TPSA) is 100 Å². The monoisotopic (exact) mass is 392 g/mol. The van der Waals surface area contributed by atoms with Crippen LogP contribution in [0.4, 0.5) is 5.69 Å². The van der Waals surface area contributed by atoms with Crippen LogP contribution in [0, 0.1) is 0 Å². The molecular formula is C17H20N4O3S2. The summed E-state index contributed by atoms with van der Waals surface area (Å²) in [6.45, 7) is 0. The molecule has 2 bridgehead atoms. The van der Waals surface area contributed by atoms with Crippen molar-refractivity contribution in [3.05, 3.63) is 35.3 Å². The van der Waals surface area contributed by atoms with Crippen molar-refractivity contribution in [2.75, 3.05) is 11.0 Å². The lowest BCUT2D eigenvalue weighted by Crippen LogP contribution is -2.42. The number of nitrogens with zero attached hydrogens (tertiary/aromatic N) is 1. The number of carbonyl (C=O) groups excluding carboxylic acids is 1. The van der Waals surface area contributed by atoms with Gasteiger partial charge in [0.15, 0.2) is 0 Å². The highest BCUT2D eigenvalue weighted by molar-refractivity contribution is 7.92. The number of anilines is 1. The fraction of sp³-hybridized carbons (Fsp3) is 0.412. The van der Waals surface area contributed by atoms with Crippen molar-refractivity contribution < 1.29 is 13.2 Å². The molecule has 3 atom stereocenters. The summed E-state index contributed by atoms with van der Waals surface area (Å²) in [5, 5.41) is 7.30. The Bertz CT molecular complexity index is 941. The minimum absolute atomic E-state index is 0.0986. The average molecular weight is 393 g/mol. The first-order valence-corrected chi connectivity index (χ1v) is 11.2. The molecule has 2 saturated heterocycles. The normalized spacial score (nSPS) is 24.6. The maximum absolute atomic E-state index is 12.5. The number of rotatable bonds is 5. The van der Waals surface area contributed by atoms with Crippen molar-refractivity contribution >= 4 is 33.0 Å². The van der Waals surface area contributed by atoms with Crippen molar-refractivity contribution in [3.8, 4) is 10.6 Å². The Labute approximate surface area is 156 Å². The molecule has 3 heterocycles. The minimum Gasteiger partial charge on any atom is -0.347 e. The highest BCUT2D eigenvalue weighted by Gasteiger charge is 2.39. The van der Waals surface area contributed by atoms with Gasteiger partial charge in [0, 0.05) is 29.4 Å². The molecule has 0 spiro atoms. The Morgan fingerprint density at radius 1 is 1.35 bits per heavy atom. The molecule has 2 aliphatic heterocycles. The zero-order valence-electron chi connectivity index (χ0n) is 14.2. The molecule has 0 aliphatic carbocycles. The molecule has 2 aliphatic rings. The number of nitrogens with one attached hydrogen (secondary N) is 3. The SMILES string of the molecule is CS(=O)(=O)Nc1cccc(-c2ncc(C(=O)NC3CC4CCC3N4)s2)c1. The molecule has 1 aromatic heterocycles. The van der Waals surface area contributed by atoms with Crippen LogP contribution in [0.1, 0.15) is 28.9 Å². The van der Waals surface area contributed by atoms with Crippen LogP contribution in [0.3, 0.4) is 0 Å². The molecule has 3 N–H and O–H groups in total. The first kappa shape index (κ1) is 17.4. The molecule has 2 aromatic rings. The van der Waals surface area contributed by atoms with Gasteiger partial charge in [0.05, 0.1) is 12.5 Å². The quantitative estimate of drug-likeness (QED) is 0.720. The number of hydrogen-bond acceptors (Lipinski definition) is 6. The molecule has 0 radical (unpaired) electrons. The second-order valence-electron chi connectivity index (χ2n) is 6.85. The van der Waals surface area contributed by atoms with E-state index in [1.165, 1.54) is 17.8 Å². The Hall–Kier alpha value is -1.97. The number of sulfonamides is 1. The summed E-state index contributed by atoms with van der Waals surface area (Å²) in [5.41, 5.74) is 1.24. The number of fused-ring (bicyclic) bond motifs is 2. The van der Waals surface area contributed by atoms with E-state index in [9.17, 15) is 13.2 Å². The largest absolute Gasteiger partial charge is 0.347 e. The number of amides is 1. The van der Waals surface area contributed by atoms with Gasteiger partial charge >= 0.3 is 0 Å². The van der Waals surface area contributed by atoms with E-state index in [1.807, 2.05) is 6.07 Å². The standard InChI is InChI=1S/C17H20N4O3S2/c1-26(23,24)21-12-4-2-3-10(7-12)17-18-9-15(25-17)16(22)20-14-8-11-5-6-13(14)19-11/h2-4,7,9,11,13-14,19,21H,5-6,8H2,1H3,(H,20,22). The summed E-state index contributed by atoms with van der Waals surface area (Å²) in [4.78, 5) is 17.4. The van der Waals surface area contributed by atoms with Crippen LogP contribution >= 0.6 is 11.3 Å². The summed E-state index contributed by atoms with van der Waals surface area (Å²) in [6.07, 6.45) is 5.98. The van der Waals surface area contributed by atoms with E-state index in [0.717, 1.165) is 24.7 Å². The van der Waals surface area contributed by atoms with Crippen molar-refractivity contribution in [3.63, 3.8) is 0 Å². The molecule has 3 unspecified atom stereocenters. The van der Waals surface area contributed by atoms with Crippen LogP contribution in [0.5, 0.6) is 0 Å². The molecule has 0 saturated carbocycles. The van der Waals surface area contributed by atoms with Gasteiger partial charge in [0.1, 0.15) is 9.88 Å². The van der Waals surface area contributed by atoms with Gasteiger partial charge in [0.2, 0.25) is 10.0 Å². The first-order valence-electron chi connectivity index (χ1n) is 8.48. The molecule has 138 valence electrons. The summed E-state index contributed by atoms with van der Waals surface area (Å²) in [6, 6.07) is 8.09. The summed E-state index contributed by atoms with van der Waals surface area (Å²) in [5.74, 6) is -0.0986. The molecule has 9 heteroatoms. The summed E-state index contributed by atoms with van der Waals surface area (Å²) < 4.78 is 25.2. The Kier molecular flexibility index (Phi) is 4.45. The number of aromatic nitrogens is 1. The van der Waals surface area contributed by atoms with Crippen LogP contribution in [-0.4, -0.2) is 43.7 Å². The lowest BCUT2D eigenvalue weighted by atomic mass is 9.95. The Balaban J connectivity index is 1.47. The average Bonchev–Trinajstić information content (AvgIpc) is 3.30. The van der Waals surface area contributed by atoms with Gasteiger partial charge in [0.25, 0.3) is 5.91 Å². The Morgan fingerprint density at radius 3 is 2.88 bits per heavy atom. The fourth-order valence-corrected chi connectivity index (χ4v) is 5.04. The molecule has 4 rings (SSSR count). The predicted molar refractivity (Wildman–Crippen MR) is 102 cm³/mol. The molecule has 2 fully saturated rings. The van der Waals surface area contributed by atoms with Gasteiger partial charge in [-0.1, -0.05) is 12.1 Å². The number of carbonyl (C=O) groups is 1. The van der Waals surface area contributed by atoms with E-state index < -0.39 is 10.0 Å². The second-order valence-corrected chi connectivity index (χ2v) is 9.63. The minimum atomic E-state index is -3.34. The first-order chi connectivity index (χ1) is 12.4. The maximum atomic E-state index is 12.5. The maximum Gasteiger partial charge on any atom is 0.263 e. The fourth-order valence-electron chi connectivity index (χ4n) is 3.67. The van der Waals surface area contributed by atoms with Crippen molar-refractivity contribution in [1.29, 1.82) is 0 Å². The third-order valence-corrected chi connectivity index (χ3v) is 6.41. The van der Waals surface area contributed by atoms with Gasteiger partial charge in [-0.15, -0.1) is 11.3 Å². The van der Waals surface area contributed by atoms with E-state index in [-0.39, 0.29) is 11.9 Å². The van der Waals surface area contributed by atoms with Crippen molar-refractivity contribution in [2.24, 2.45) is 0 Å². The summed E-state index contributed by atoms with van der Waals surface area (Å²) >= 11 is 1.30. The molecule has 26 heavy (non-hydrogen) atoms. The Morgan fingerprint density at radius 2 is 2.19 bits per heavy atom. The third-order valence-electron chi connectivity index (χ3n) is 4.76. The van der Waals surface area contributed by atoms with E-state index in [4.69, 9.17) is 0 Å². The van der Waals surface area contributed by atoms with Crippen LogP contribution in [-0.2, 0) is 10.0 Å². The predicted octanol–water partition coefficient (Wildman–Crippen LogP) is 1.80. The highest BCUT2D eigenvalue weighted by atomic mass is 32.2. The van der Waals surface area contributed by atoms with Crippen LogP contribution in [0.15, 0.2) is 30.5 Å². The number of hydrogen-bond donors (Lipinski definition) is 3. The zero-order chi connectivity index (χ0) is 18.3. The van der Waals surface area contributed by atoms with Gasteiger partial charge in [-0.05, 0) is 31.4 Å². The molecule has 1 amide bonds. The van der Waals surface area contributed by atoms with E-state index in [1.54, 1.807) is 24.4 Å². The van der Waals surface area contributed by atoms with E-state index in [0.29, 0.717) is 27.7 Å². The third kappa shape index (κ3) is 3.74. The van der Waals surface area contributed by atoms with E-state index >= 15 is 0 Å². The molecule has 7 nitrogen and oxygen atoms in total. The number of thiazole rings is 1. The summed E-state index contributed by atoms with van der Waals surface area (Å²) in [7, 11) is -3.34. The number of benzene rings is 1.